The third-order valence-electron chi connectivity index (χ3n) is 2.88. The molecule has 3 heteroatoms. The first-order valence-electron chi connectivity index (χ1n) is 4.22. The van der Waals surface area contributed by atoms with E-state index < -0.39 is 0 Å². The predicted molar refractivity (Wildman–Crippen MR) is 45.9 cm³/mol. The first-order valence-corrected chi connectivity index (χ1v) is 5.13. The van der Waals surface area contributed by atoms with E-state index in [-0.39, 0.29) is 11.7 Å². The van der Waals surface area contributed by atoms with Crippen LogP contribution < -0.4 is 0 Å². The van der Waals surface area contributed by atoms with Gasteiger partial charge in [0.2, 0.25) is 0 Å². The van der Waals surface area contributed by atoms with Gasteiger partial charge in [0.25, 0.3) is 0 Å². The molecule has 1 saturated carbocycles. The molecule has 0 bridgehead atoms. The van der Waals surface area contributed by atoms with Gasteiger partial charge in [0, 0.05) is 11.4 Å². The van der Waals surface area contributed by atoms with E-state index in [0.29, 0.717) is 4.83 Å². The summed E-state index contributed by atoms with van der Waals surface area (Å²) < 4.78 is 5.63. The Bertz CT molecular complexity index is 142. The minimum absolute atomic E-state index is 0.222. The fraction of sp³-hybridized carbons (Fsp3) is 1.00. The van der Waals surface area contributed by atoms with E-state index in [4.69, 9.17) is 4.74 Å². The molecule has 1 spiro atoms. The van der Waals surface area contributed by atoms with Crippen molar-refractivity contribution >= 4 is 15.9 Å². The highest BCUT2D eigenvalue weighted by Gasteiger charge is 2.51. The lowest BCUT2D eigenvalue weighted by Crippen LogP contribution is -2.43. The summed E-state index contributed by atoms with van der Waals surface area (Å²) in [5, 5.41) is 9.69. The molecule has 11 heavy (non-hydrogen) atoms. The standard InChI is InChI=1S/C8H13BrO2/c9-6-3-5-11-8(6)4-1-2-7(8)10/h6-7,10H,1-5H2/t6-,7-,8+/m1/s1. The summed E-state index contributed by atoms with van der Waals surface area (Å²) in [7, 11) is 0. The monoisotopic (exact) mass is 220 g/mol. The highest BCUT2D eigenvalue weighted by atomic mass is 79.9. The van der Waals surface area contributed by atoms with E-state index in [1.165, 1.54) is 0 Å². The fourth-order valence-electron chi connectivity index (χ4n) is 2.20. The Morgan fingerprint density at radius 1 is 1.45 bits per heavy atom. The second kappa shape index (κ2) is 2.71. The summed E-state index contributed by atoms with van der Waals surface area (Å²) in [5.41, 5.74) is -0.222. The van der Waals surface area contributed by atoms with Crippen molar-refractivity contribution < 1.29 is 9.84 Å². The van der Waals surface area contributed by atoms with Crippen LogP contribution >= 0.6 is 15.9 Å². The minimum atomic E-state index is -0.241. The molecule has 1 heterocycles. The molecule has 1 N–H and O–H groups in total. The molecule has 0 amide bonds. The van der Waals surface area contributed by atoms with Gasteiger partial charge in [0.1, 0.15) is 5.60 Å². The van der Waals surface area contributed by atoms with E-state index in [1.54, 1.807) is 0 Å². The van der Waals surface area contributed by atoms with Gasteiger partial charge in [-0.15, -0.1) is 0 Å². The van der Waals surface area contributed by atoms with Crippen molar-refractivity contribution in [3.8, 4) is 0 Å². The predicted octanol–water partition coefficient (Wildman–Crippen LogP) is 1.45. The normalized spacial score (nSPS) is 50.7. The quantitative estimate of drug-likeness (QED) is 0.627. The summed E-state index contributed by atoms with van der Waals surface area (Å²) in [5.74, 6) is 0. The molecule has 0 unspecified atom stereocenters. The second-order valence-electron chi connectivity index (χ2n) is 3.47. The maximum absolute atomic E-state index is 9.69. The van der Waals surface area contributed by atoms with Crippen LogP contribution in [-0.2, 0) is 4.74 Å². The van der Waals surface area contributed by atoms with Gasteiger partial charge in [-0.3, -0.25) is 0 Å². The molecule has 1 saturated heterocycles. The zero-order valence-corrected chi connectivity index (χ0v) is 8.01. The van der Waals surface area contributed by atoms with Crippen molar-refractivity contribution in [3.05, 3.63) is 0 Å². The fourth-order valence-corrected chi connectivity index (χ4v) is 3.06. The summed E-state index contributed by atoms with van der Waals surface area (Å²) in [6.45, 7) is 0.799. The zero-order chi connectivity index (χ0) is 7.90. The molecule has 0 aromatic carbocycles. The molecule has 64 valence electrons. The molecule has 3 atom stereocenters. The van der Waals surface area contributed by atoms with E-state index in [0.717, 1.165) is 32.3 Å². The summed E-state index contributed by atoms with van der Waals surface area (Å²) >= 11 is 3.58. The van der Waals surface area contributed by atoms with Crippen LogP contribution in [-0.4, -0.2) is 28.2 Å². The highest BCUT2D eigenvalue weighted by Crippen LogP contribution is 2.44. The van der Waals surface area contributed by atoms with E-state index >= 15 is 0 Å². The SMILES string of the molecule is O[C@@H]1CCC[C@@]12OCC[C@H]2Br. The van der Waals surface area contributed by atoms with Crippen LogP contribution in [0, 0.1) is 0 Å². The first kappa shape index (κ1) is 8.02. The number of hydrogen-bond donors (Lipinski definition) is 1. The minimum Gasteiger partial charge on any atom is -0.390 e. The van der Waals surface area contributed by atoms with Crippen LogP contribution in [0.3, 0.4) is 0 Å². The van der Waals surface area contributed by atoms with Crippen molar-refractivity contribution in [2.24, 2.45) is 0 Å². The number of aliphatic hydroxyl groups excluding tert-OH is 1. The van der Waals surface area contributed by atoms with Gasteiger partial charge in [-0.05, 0) is 25.7 Å². The van der Waals surface area contributed by atoms with E-state index in [2.05, 4.69) is 15.9 Å². The molecule has 0 aromatic heterocycles. The number of ether oxygens (including phenoxy) is 1. The molecule has 2 nitrogen and oxygen atoms in total. The van der Waals surface area contributed by atoms with Crippen LogP contribution in [0.1, 0.15) is 25.7 Å². The van der Waals surface area contributed by atoms with E-state index in [9.17, 15) is 5.11 Å². The van der Waals surface area contributed by atoms with Gasteiger partial charge in [-0.1, -0.05) is 15.9 Å². The highest BCUT2D eigenvalue weighted by molar-refractivity contribution is 9.09. The average molecular weight is 221 g/mol. The van der Waals surface area contributed by atoms with Gasteiger partial charge in [-0.2, -0.15) is 0 Å². The second-order valence-corrected chi connectivity index (χ2v) is 4.57. The van der Waals surface area contributed by atoms with Crippen LogP contribution in [0.5, 0.6) is 0 Å². The average Bonchev–Trinajstić information content (AvgIpc) is 2.48. The van der Waals surface area contributed by atoms with Crippen molar-refractivity contribution in [2.45, 2.75) is 42.2 Å². The third kappa shape index (κ3) is 1.05. The molecule has 1 aliphatic carbocycles. The van der Waals surface area contributed by atoms with Gasteiger partial charge < -0.3 is 9.84 Å². The third-order valence-corrected chi connectivity index (χ3v) is 4.11. The van der Waals surface area contributed by atoms with Gasteiger partial charge >= 0.3 is 0 Å². The maximum atomic E-state index is 9.69. The zero-order valence-electron chi connectivity index (χ0n) is 6.42. The maximum Gasteiger partial charge on any atom is 0.106 e. The lowest BCUT2D eigenvalue weighted by molar-refractivity contribution is -0.0666. The van der Waals surface area contributed by atoms with Gasteiger partial charge in [0.05, 0.1) is 6.10 Å². The van der Waals surface area contributed by atoms with Crippen LogP contribution in [0.4, 0.5) is 0 Å². The summed E-state index contributed by atoms with van der Waals surface area (Å²) in [4.78, 5) is 0.368. The Hall–Kier alpha value is 0.400. The number of rotatable bonds is 0. The topological polar surface area (TPSA) is 29.5 Å². The molecule has 0 aromatic rings. The van der Waals surface area contributed by atoms with Crippen molar-refractivity contribution in [1.82, 2.24) is 0 Å². The van der Waals surface area contributed by atoms with Crippen molar-refractivity contribution in [3.63, 3.8) is 0 Å². The van der Waals surface area contributed by atoms with Crippen molar-refractivity contribution in [1.29, 1.82) is 0 Å². The van der Waals surface area contributed by atoms with E-state index in [1.807, 2.05) is 0 Å². The Balaban J connectivity index is 2.19. The molecule has 0 radical (unpaired) electrons. The Morgan fingerprint density at radius 2 is 2.27 bits per heavy atom. The largest absolute Gasteiger partial charge is 0.390 e. The summed E-state index contributed by atoms with van der Waals surface area (Å²) in [6, 6.07) is 0. The van der Waals surface area contributed by atoms with Crippen molar-refractivity contribution in [2.75, 3.05) is 6.61 Å². The Kier molecular flexibility index (Phi) is 1.98. The molecule has 2 fully saturated rings. The van der Waals surface area contributed by atoms with Crippen LogP contribution in [0.25, 0.3) is 0 Å². The molecular weight excluding hydrogens is 208 g/mol. The first-order chi connectivity index (χ1) is 5.26. The van der Waals surface area contributed by atoms with Gasteiger partial charge in [0.15, 0.2) is 0 Å². The smallest absolute Gasteiger partial charge is 0.106 e. The van der Waals surface area contributed by atoms with Crippen LogP contribution in [0.2, 0.25) is 0 Å². The Labute approximate surface area is 75.1 Å². The molecule has 1 aliphatic heterocycles. The van der Waals surface area contributed by atoms with Gasteiger partial charge in [-0.25, -0.2) is 0 Å². The lowest BCUT2D eigenvalue weighted by atomic mass is 9.96. The number of alkyl halides is 1. The summed E-state index contributed by atoms with van der Waals surface area (Å²) in [6.07, 6.45) is 3.82. The number of halogens is 1. The molecule has 2 aliphatic rings. The lowest BCUT2D eigenvalue weighted by Gasteiger charge is -2.30. The molecular formula is C8H13BrO2. The molecule has 2 rings (SSSR count). The number of aliphatic hydroxyl groups is 1. The number of hydrogen-bond acceptors (Lipinski definition) is 2. The van der Waals surface area contributed by atoms with Crippen LogP contribution in [0.15, 0.2) is 0 Å². The Morgan fingerprint density at radius 3 is 2.73 bits per heavy atom.